The first-order valence-corrected chi connectivity index (χ1v) is 8.86. The fourth-order valence-electron chi connectivity index (χ4n) is 2.23. The van der Waals surface area contributed by atoms with Gasteiger partial charge in [0.2, 0.25) is 5.91 Å². The predicted molar refractivity (Wildman–Crippen MR) is 98.4 cm³/mol. The highest BCUT2D eigenvalue weighted by molar-refractivity contribution is 7.15. The maximum Gasteiger partial charge on any atom is 0.340 e. The maximum atomic E-state index is 12.4. The Labute approximate surface area is 153 Å². The molecule has 2 heterocycles. The third-order valence-electron chi connectivity index (χ3n) is 3.64. The number of hydrogen-bond donors (Lipinski definition) is 1. The van der Waals surface area contributed by atoms with Crippen molar-refractivity contribution in [1.29, 1.82) is 0 Å². The Morgan fingerprint density at radius 2 is 2.08 bits per heavy atom. The summed E-state index contributed by atoms with van der Waals surface area (Å²) in [5, 5.41) is 4.47. The summed E-state index contributed by atoms with van der Waals surface area (Å²) in [5.41, 5.74) is 0.773. The first-order valence-electron chi connectivity index (χ1n) is 7.98. The van der Waals surface area contributed by atoms with Gasteiger partial charge in [-0.15, -0.1) is 11.3 Å². The van der Waals surface area contributed by atoms with Gasteiger partial charge in [0.05, 0.1) is 16.9 Å². The molecule has 7 nitrogen and oxygen atoms in total. The van der Waals surface area contributed by atoms with Crippen molar-refractivity contribution in [2.75, 3.05) is 5.32 Å². The number of carbonyl (C=O) groups excluding carboxylic acids is 2. The molecule has 0 aliphatic heterocycles. The number of hydrogen-bond acceptors (Lipinski definition) is 6. The summed E-state index contributed by atoms with van der Waals surface area (Å²) in [5.74, 6) is -1.00. The van der Waals surface area contributed by atoms with E-state index in [9.17, 15) is 14.4 Å². The molecule has 3 rings (SSSR count). The second-order valence-electron chi connectivity index (χ2n) is 5.91. The number of esters is 1. The highest BCUT2D eigenvalue weighted by Crippen LogP contribution is 2.18. The number of aromatic nitrogens is 2. The summed E-state index contributed by atoms with van der Waals surface area (Å²) in [6, 6.07) is 7.95. The lowest BCUT2D eigenvalue weighted by Crippen LogP contribution is -2.20. The number of amides is 1. The average Bonchev–Trinajstić information content (AvgIpc) is 3.09. The highest BCUT2D eigenvalue weighted by Gasteiger charge is 2.16. The molecule has 1 aromatic carbocycles. The molecule has 1 N–H and O–H groups in total. The summed E-state index contributed by atoms with van der Waals surface area (Å²) in [6.07, 6.45) is 1.64. The smallest absolute Gasteiger partial charge is 0.340 e. The number of para-hydroxylation sites is 1. The quantitative estimate of drug-likeness (QED) is 0.697. The number of ether oxygens (including phenoxy) is 1. The van der Waals surface area contributed by atoms with E-state index in [1.807, 2.05) is 0 Å². The SMILES string of the molecule is CC(C)C(=O)Nc1ccccc1C(=O)OCc1cc(=O)n2ccsc2n1. The lowest BCUT2D eigenvalue weighted by molar-refractivity contribution is -0.118. The van der Waals surface area contributed by atoms with E-state index in [0.717, 1.165) is 0 Å². The number of anilines is 1. The monoisotopic (exact) mass is 371 g/mol. The van der Waals surface area contributed by atoms with Gasteiger partial charge in [0.15, 0.2) is 4.96 Å². The summed E-state index contributed by atoms with van der Waals surface area (Å²) >= 11 is 1.32. The third-order valence-corrected chi connectivity index (χ3v) is 4.39. The van der Waals surface area contributed by atoms with Crippen molar-refractivity contribution in [2.45, 2.75) is 20.5 Å². The summed E-state index contributed by atoms with van der Waals surface area (Å²) in [7, 11) is 0. The fourth-order valence-corrected chi connectivity index (χ4v) is 2.96. The molecular formula is C18H17N3O4S. The van der Waals surface area contributed by atoms with Gasteiger partial charge >= 0.3 is 5.97 Å². The van der Waals surface area contributed by atoms with Crippen molar-refractivity contribution in [2.24, 2.45) is 5.92 Å². The second-order valence-corrected chi connectivity index (χ2v) is 6.78. The lowest BCUT2D eigenvalue weighted by Gasteiger charge is -2.12. The van der Waals surface area contributed by atoms with E-state index in [1.165, 1.54) is 21.8 Å². The number of nitrogens with one attached hydrogen (secondary N) is 1. The molecule has 26 heavy (non-hydrogen) atoms. The molecule has 134 valence electrons. The van der Waals surface area contributed by atoms with Gasteiger partial charge in [0.1, 0.15) is 6.61 Å². The molecule has 0 aliphatic carbocycles. The number of rotatable bonds is 5. The molecule has 0 spiro atoms. The van der Waals surface area contributed by atoms with Crippen molar-refractivity contribution < 1.29 is 14.3 Å². The van der Waals surface area contributed by atoms with Crippen LogP contribution in [0.4, 0.5) is 5.69 Å². The van der Waals surface area contributed by atoms with Crippen LogP contribution in [0.5, 0.6) is 0 Å². The van der Waals surface area contributed by atoms with Gasteiger partial charge in [0, 0.05) is 23.6 Å². The Bertz CT molecular complexity index is 1020. The van der Waals surface area contributed by atoms with Gasteiger partial charge in [-0.05, 0) is 12.1 Å². The zero-order valence-electron chi connectivity index (χ0n) is 14.3. The highest BCUT2D eigenvalue weighted by atomic mass is 32.1. The standard InChI is InChI=1S/C18H17N3O4S/c1-11(2)16(23)20-14-6-4-3-5-13(14)17(24)25-10-12-9-15(22)21-7-8-26-18(21)19-12/h3-9,11H,10H2,1-2H3,(H,20,23). The Kier molecular flexibility index (Phi) is 5.13. The van der Waals surface area contributed by atoms with Crippen LogP contribution in [-0.4, -0.2) is 21.3 Å². The zero-order valence-corrected chi connectivity index (χ0v) is 15.1. The molecule has 0 aliphatic rings. The summed E-state index contributed by atoms with van der Waals surface area (Å²) < 4.78 is 6.70. The van der Waals surface area contributed by atoms with Gasteiger partial charge in [0.25, 0.3) is 5.56 Å². The number of fused-ring (bicyclic) bond motifs is 1. The molecular weight excluding hydrogens is 354 g/mol. The van der Waals surface area contributed by atoms with Crippen LogP contribution in [-0.2, 0) is 16.1 Å². The van der Waals surface area contributed by atoms with Crippen LogP contribution in [0.1, 0.15) is 29.9 Å². The zero-order chi connectivity index (χ0) is 18.7. The van der Waals surface area contributed by atoms with Crippen molar-refractivity contribution in [3.63, 3.8) is 0 Å². The number of nitrogens with zero attached hydrogens (tertiary/aromatic N) is 2. The number of benzene rings is 1. The molecule has 0 radical (unpaired) electrons. The Morgan fingerprint density at radius 1 is 1.31 bits per heavy atom. The van der Waals surface area contributed by atoms with Crippen molar-refractivity contribution in [3.05, 3.63) is 63.5 Å². The Balaban J connectivity index is 1.75. The van der Waals surface area contributed by atoms with Crippen molar-refractivity contribution >= 4 is 33.9 Å². The van der Waals surface area contributed by atoms with Crippen LogP contribution >= 0.6 is 11.3 Å². The first kappa shape index (κ1) is 17.8. The molecule has 2 aromatic heterocycles. The van der Waals surface area contributed by atoms with E-state index in [0.29, 0.717) is 16.3 Å². The van der Waals surface area contributed by atoms with Gasteiger partial charge in [-0.3, -0.25) is 14.0 Å². The first-order chi connectivity index (χ1) is 12.5. The van der Waals surface area contributed by atoms with E-state index in [-0.39, 0.29) is 29.6 Å². The minimum Gasteiger partial charge on any atom is -0.456 e. The largest absolute Gasteiger partial charge is 0.456 e. The second kappa shape index (κ2) is 7.49. The maximum absolute atomic E-state index is 12.4. The summed E-state index contributed by atoms with van der Waals surface area (Å²) in [4.78, 5) is 41.1. The Hall–Kier alpha value is -3.00. The van der Waals surface area contributed by atoms with Gasteiger partial charge in [-0.2, -0.15) is 0 Å². The third kappa shape index (κ3) is 3.80. The van der Waals surface area contributed by atoms with Crippen LogP contribution in [0, 0.1) is 5.92 Å². The molecule has 3 aromatic rings. The van der Waals surface area contributed by atoms with E-state index in [2.05, 4.69) is 10.3 Å². The predicted octanol–water partition coefficient (Wildman–Crippen LogP) is 2.71. The van der Waals surface area contributed by atoms with Gasteiger partial charge in [-0.1, -0.05) is 26.0 Å². The minimum absolute atomic E-state index is 0.130. The molecule has 0 atom stereocenters. The van der Waals surface area contributed by atoms with E-state index in [4.69, 9.17) is 4.74 Å². The van der Waals surface area contributed by atoms with Gasteiger partial charge < -0.3 is 10.1 Å². The number of thiazole rings is 1. The van der Waals surface area contributed by atoms with Crippen LogP contribution in [0.3, 0.4) is 0 Å². The van der Waals surface area contributed by atoms with Crippen molar-refractivity contribution in [3.8, 4) is 0 Å². The molecule has 0 bridgehead atoms. The van der Waals surface area contributed by atoms with E-state index < -0.39 is 5.97 Å². The molecule has 0 saturated heterocycles. The van der Waals surface area contributed by atoms with Gasteiger partial charge in [-0.25, -0.2) is 9.78 Å². The minimum atomic E-state index is -0.599. The molecule has 8 heteroatoms. The van der Waals surface area contributed by atoms with Crippen LogP contribution in [0.25, 0.3) is 4.96 Å². The molecule has 1 amide bonds. The van der Waals surface area contributed by atoms with Crippen LogP contribution in [0.2, 0.25) is 0 Å². The van der Waals surface area contributed by atoms with Crippen LogP contribution < -0.4 is 10.9 Å². The molecule has 0 fully saturated rings. The number of carbonyl (C=O) groups is 2. The average molecular weight is 371 g/mol. The van der Waals surface area contributed by atoms with Crippen molar-refractivity contribution in [1.82, 2.24) is 9.38 Å². The van der Waals surface area contributed by atoms with E-state index >= 15 is 0 Å². The molecule has 0 unspecified atom stereocenters. The topological polar surface area (TPSA) is 89.8 Å². The summed E-state index contributed by atoms with van der Waals surface area (Å²) in [6.45, 7) is 3.40. The fraction of sp³-hybridized carbons (Fsp3) is 0.222. The van der Waals surface area contributed by atoms with E-state index in [1.54, 1.807) is 49.7 Å². The lowest BCUT2D eigenvalue weighted by atomic mass is 10.1. The Morgan fingerprint density at radius 3 is 2.85 bits per heavy atom. The van der Waals surface area contributed by atoms with Crippen LogP contribution in [0.15, 0.2) is 46.7 Å². The molecule has 0 saturated carbocycles. The normalized spacial score (nSPS) is 10.9.